The molecule has 1 heteroatoms. The van der Waals surface area contributed by atoms with Crippen LogP contribution in [0.4, 0.5) is 0 Å². The Morgan fingerprint density at radius 1 is 1.30 bits per heavy atom. The van der Waals surface area contributed by atoms with Gasteiger partial charge in [0, 0.05) is 12.1 Å². The third kappa shape index (κ3) is 0.807. The average Bonchev–Trinajstić information content (AvgIpc) is 2.29. The van der Waals surface area contributed by atoms with Crippen LogP contribution in [-0.4, -0.2) is 12.1 Å². The lowest BCUT2D eigenvalue weighted by Crippen LogP contribution is -2.34. The maximum atomic E-state index is 3.61. The summed E-state index contributed by atoms with van der Waals surface area (Å²) in [7, 11) is 0. The molecular weight excluding hydrogens is 122 g/mol. The molecule has 1 fully saturated rings. The molecule has 1 saturated heterocycles. The number of fused-ring (bicyclic) bond motifs is 2. The Kier molecular flexibility index (Phi) is 1.34. The van der Waals surface area contributed by atoms with Crippen molar-refractivity contribution in [3.63, 3.8) is 0 Å². The quantitative estimate of drug-likeness (QED) is 0.502. The highest BCUT2D eigenvalue weighted by Crippen LogP contribution is 2.30. The van der Waals surface area contributed by atoms with Crippen molar-refractivity contribution in [1.29, 1.82) is 0 Å². The first-order valence-corrected chi connectivity index (χ1v) is 4.19. The number of hydrogen-bond acceptors (Lipinski definition) is 1. The van der Waals surface area contributed by atoms with E-state index in [2.05, 4.69) is 19.2 Å². The standard InChI is InChI=1S/C9H15N/c1-6-5-8-3-4-9(10-8)7(6)2/h8-10H,3-5H2,1-2H3. The largest absolute Gasteiger partial charge is 0.307 e. The highest BCUT2D eigenvalue weighted by atomic mass is 15.0. The maximum Gasteiger partial charge on any atom is 0.0282 e. The summed E-state index contributed by atoms with van der Waals surface area (Å²) in [6.07, 6.45) is 4.05. The van der Waals surface area contributed by atoms with Crippen LogP contribution in [0.5, 0.6) is 0 Å². The van der Waals surface area contributed by atoms with Crippen LogP contribution in [0.15, 0.2) is 11.1 Å². The van der Waals surface area contributed by atoms with E-state index in [0.717, 1.165) is 12.1 Å². The van der Waals surface area contributed by atoms with Gasteiger partial charge in [-0.3, -0.25) is 0 Å². The number of rotatable bonds is 0. The Labute approximate surface area is 62.5 Å². The molecule has 0 aliphatic carbocycles. The van der Waals surface area contributed by atoms with Crippen molar-refractivity contribution in [2.75, 3.05) is 0 Å². The van der Waals surface area contributed by atoms with Crippen molar-refractivity contribution in [3.8, 4) is 0 Å². The van der Waals surface area contributed by atoms with Gasteiger partial charge in [0.15, 0.2) is 0 Å². The van der Waals surface area contributed by atoms with E-state index in [1.165, 1.54) is 19.3 Å². The molecule has 2 aliphatic heterocycles. The summed E-state index contributed by atoms with van der Waals surface area (Å²) >= 11 is 0. The van der Waals surface area contributed by atoms with E-state index in [4.69, 9.17) is 0 Å². The van der Waals surface area contributed by atoms with Crippen molar-refractivity contribution < 1.29 is 0 Å². The predicted molar refractivity (Wildman–Crippen MR) is 42.9 cm³/mol. The molecule has 0 radical (unpaired) electrons. The van der Waals surface area contributed by atoms with Crippen LogP contribution in [0.2, 0.25) is 0 Å². The van der Waals surface area contributed by atoms with Gasteiger partial charge in [-0.15, -0.1) is 0 Å². The molecule has 10 heavy (non-hydrogen) atoms. The molecule has 2 rings (SSSR count). The predicted octanol–water partition coefficient (Wildman–Crippen LogP) is 1.85. The fourth-order valence-corrected chi connectivity index (χ4v) is 2.15. The van der Waals surface area contributed by atoms with Gasteiger partial charge in [-0.2, -0.15) is 0 Å². The second kappa shape index (κ2) is 2.09. The minimum absolute atomic E-state index is 0.735. The van der Waals surface area contributed by atoms with Crippen molar-refractivity contribution >= 4 is 0 Å². The first-order chi connectivity index (χ1) is 4.77. The zero-order valence-electron chi connectivity index (χ0n) is 6.78. The summed E-state index contributed by atoms with van der Waals surface area (Å²) in [6, 6.07) is 1.55. The first kappa shape index (κ1) is 6.41. The SMILES string of the molecule is CC1=C(C)C2CCC(C1)N2. The van der Waals surface area contributed by atoms with Crippen LogP contribution in [0.1, 0.15) is 33.1 Å². The number of hydrogen-bond donors (Lipinski definition) is 1. The van der Waals surface area contributed by atoms with E-state index < -0.39 is 0 Å². The van der Waals surface area contributed by atoms with Crippen LogP contribution < -0.4 is 5.32 Å². The molecule has 1 nitrogen and oxygen atoms in total. The molecule has 2 atom stereocenters. The molecule has 1 N–H and O–H groups in total. The van der Waals surface area contributed by atoms with Gasteiger partial charge >= 0.3 is 0 Å². The van der Waals surface area contributed by atoms with Gasteiger partial charge in [-0.05, 0) is 33.1 Å². The molecule has 2 bridgehead atoms. The topological polar surface area (TPSA) is 12.0 Å². The molecule has 0 aromatic carbocycles. The van der Waals surface area contributed by atoms with E-state index in [0.29, 0.717) is 0 Å². The van der Waals surface area contributed by atoms with E-state index in [9.17, 15) is 0 Å². The summed E-state index contributed by atoms with van der Waals surface area (Å²) in [5, 5.41) is 3.61. The third-order valence-electron chi connectivity index (χ3n) is 2.99. The Morgan fingerprint density at radius 3 is 2.90 bits per heavy atom. The molecule has 0 amide bonds. The average molecular weight is 137 g/mol. The third-order valence-corrected chi connectivity index (χ3v) is 2.99. The van der Waals surface area contributed by atoms with Crippen molar-refractivity contribution in [2.45, 2.75) is 45.2 Å². The van der Waals surface area contributed by atoms with Gasteiger partial charge < -0.3 is 5.32 Å². The molecule has 56 valence electrons. The van der Waals surface area contributed by atoms with Gasteiger partial charge in [0.2, 0.25) is 0 Å². The van der Waals surface area contributed by atoms with E-state index in [1.807, 2.05) is 0 Å². The second-order valence-electron chi connectivity index (χ2n) is 3.66. The van der Waals surface area contributed by atoms with Gasteiger partial charge in [-0.1, -0.05) is 11.1 Å². The lowest BCUT2D eigenvalue weighted by Gasteiger charge is -2.23. The highest BCUT2D eigenvalue weighted by molar-refractivity contribution is 5.23. The number of nitrogens with one attached hydrogen (secondary N) is 1. The van der Waals surface area contributed by atoms with E-state index >= 15 is 0 Å². The smallest absolute Gasteiger partial charge is 0.0282 e. The summed E-state index contributed by atoms with van der Waals surface area (Å²) in [5.41, 5.74) is 3.24. The highest BCUT2D eigenvalue weighted by Gasteiger charge is 2.29. The minimum atomic E-state index is 0.735. The lowest BCUT2D eigenvalue weighted by atomic mass is 9.98. The second-order valence-corrected chi connectivity index (χ2v) is 3.66. The van der Waals surface area contributed by atoms with Crippen LogP contribution in [0.3, 0.4) is 0 Å². The summed E-state index contributed by atoms with van der Waals surface area (Å²) in [5.74, 6) is 0. The fourth-order valence-electron chi connectivity index (χ4n) is 2.15. The Morgan fingerprint density at radius 2 is 2.10 bits per heavy atom. The van der Waals surface area contributed by atoms with Crippen LogP contribution in [0, 0.1) is 0 Å². The summed E-state index contributed by atoms with van der Waals surface area (Å²) in [4.78, 5) is 0. The maximum absolute atomic E-state index is 3.61. The van der Waals surface area contributed by atoms with Gasteiger partial charge in [0.05, 0.1) is 0 Å². The molecule has 0 aromatic heterocycles. The van der Waals surface area contributed by atoms with Gasteiger partial charge in [0.25, 0.3) is 0 Å². The molecule has 0 saturated carbocycles. The van der Waals surface area contributed by atoms with Crippen LogP contribution in [-0.2, 0) is 0 Å². The Bertz CT molecular complexity index is 181. The van der Waals surface area contributed by atoms with Crippen molar-refractivity contribution in [1.82, 2.24) is 5.32 Å². The van der Waals surface area contributed by atoms with Gasteiger partial charge in [-0.25, -0.2) is 0 Å². The van der Waals surface area contributed by atoms with Crippen molar-refractivity contribution in [3.05, 3.63) is 11.1 Å². The molecule has 0 aromatic rings. The summed E-state index contributed by atoms with van der Waals surface area (Å²) < 4.78 is 0. The molecule has 2 aliphatic rings. The van der Waals surface area contributed by atoms with Gasteiger partial charge in [0.1, 0.15) is 0 Å². The van der Waals surface area contributed by atoms with E-state index in [-0.39, 0.29) is 0 Å². The lowest BCUT2D eigenvalue weighted by molar-refractivity contribution is 0.531. The van der Waals surface area contributed by atoms with Crippen molar-refractivity contribution in [2.24, 2.45) is 0 Å². The van der Waals surface area contributed by atoms with Crippen LogP contribution in [0.25, 0.3) is 0 Å². The fraction of sp³-hybridized carbons (Fsp3) is 0.778. The Hall–Kier alpha value is -0.300. The molecule has 0 spiro atoms. The molecule has 2 heterocycles. The normalized spacial score (nSPS) is 39.0. The Balaban J connectivity index is 2.28. The van der Waals surface area contributed by atoms with E-state index in [1.54, 1.807) is 11.1 Å². The minimum Gasteiger partial charge on any atom is -0.307 e. The summed E-state index contributed by atoms with van der Waals surface area (Å²) in [6.45, 7) is 4.55. The monoisotopic (exact) mass is 137 g/mol. The van der Waals surface area contributed by atoms with Crippen LogP contribution >= 0.6 is 0 Å². The first-order valence-electron chi connectivity index (χ1n) is 4.19. The molecular formula is C9H15N. The molecule has 2 unspecified atom stereocenters. The zero-order chi connectivity index (χ0) is 7.14. The zero-order valence-corrected chi connectivity index (χ0v) is 6.78.